The molecule has 0 aliphatic carbocycles. The van der Waals surface area contributed by atoms with E-state index in [1.165, 1.54) is 24.3 Å². The molecular formula is C14H11BrO5S. The van der Waals surface area contributed by atoms with Gasteiger partial charge in [0.25, 0.3) is 0 Å². The smallest absolute Gasteiger partial charge is 0.336 e. The van der Waals surface area contributed by atoms with Crippen molar-refractivity contribution in [2.75, 3.05) is 0 Å². The lowest BCUT2D eigenvalue weighted by atomic mass is 10.2. The van der Waals surface area contributed by atoms with Crippen LogP contribution in [0.5, 0.6) is 5.75 Å². The Kier molecular flexibility index (Phi) is 4.34. The lowest BCUT2D eigenvalue weighted by molar-refractivity contribution is 0.0695. The molecule has 110 valence electrons. The molecule has 2 aromatic rings. The van der Waals surface area contributed by atoms with Gasteiger partial charge in [-0.2, -0.15) is 0 Å². The van der Waals surface area contributed by atoms with Gasteiger partial charge in [-0.05, 0) is 51.8 Å². The first-order chi connectivity index (χ1) is 9.79. The van der Waals surface area contributed by atoms with Crippen molar-refractivity contribution in [1.82, 2.24) is 0 Å². The Labute approximate surface area is 129 Å². The van der Waals surface area contributed by atoms with Crippen molar-refractivity contribution in [3.63, 3.8) is 0 Å². The number of carboxylic acid groups (broad SMARTS) is 1. The highest BCUT2D eigenvalue weighted by Gasteiger charge is 2.19. The van der Waals surface area contributed by atoms with Gasteiger partial charge in [-0.1, -0.05) is 12.1 Å². The van der Waals surface area contributed by atoms with E-state index in [0.29, 0.717) is 10.0 Å². The maximum absolute atomic E-state index is 12.3. The van der Waals surface area contributed by atoms with E-state index in [2.05, 4.69) is 15.9 Å². The second kappa shape index (κ2) is 5.87. The summed E-state index contributed by atoms with van der Waals surface area (Å²) in [6.07, 6.45) is 0. The number of hydrogen-bond donors (Lipinski definition) is 2. The standard InChI is InChI=1S/C14H11BrO5S/c15-13-5-4-11(7-12(13)14(17)18)21(19,20)8-9-2-1-3-10(16)6-9/h1-7,16H,8H2,(H,17,18). The fourth-order valence-corrected chi connectivity index (χ4v) is 3.58. The SMILES string of the molecule is O=C(O)c1cc(S(=O)(=O)Cc2cccc(O)c2)ccc1Br. The second-order valence-corrected chi connectivity index (χ2v) is 7.22. The summed E-state index contributed by atoms with van der Waals surface area (Å²) in [5.41, 5.74) is 0.307. The summed E-state index contributed by atoms with van der Waals surface area (Å²) in [5.74, 6) is -1.55. The Bertz CT molecular complexity index is 799. The van der Waals surface area contributed by atoms with Crippen molar-refractivity contribution >= 4 is 31.7 Å². The van der Waals surface area contributed by atoms with Crippen LogP contribution in [0.3, 0.4) is 0 Å². The first kappa shape index (κ1) is 15.5. The molecule has 2 aromatic carbocycles. The summed E-state index contributed by atoms with van der Waals surface area (Å²) in [4.78, 5) is 11.0. The molecule has 0 saturated heterocycles. The van der Waals surface area contributed by atoms with Gasteiger partial charge in [-0.15, -0.1) is 0 Å². The number of aromatic carboxylic acids is 1. The van der Waals surface area contributed by atoms with E-state index in [1.807, 2.05) is 0 Å². The number of benzene rings is 2. The number of carboxylic acids is 1. The monoisotopic (exact) mass is 370 g/mol. The largest absolute Gasteiger partial charge is 0.508 e. The molecule has 0 unspecified atom stereocenters. The van der Waals surface area contributed by atoms with E-state index >= 15 is 0 Å². The van der Waals surface area contributed by atoms with Gasteiger partial charge in [-0.25, -0.2) is 13.2 Å². The van der Waals surface area contributed by atoms with Gasteiger partial charge >= 0.3 is 5.97 Å². The topological polar surface area (TPSA) is 91.7 Å². The highest BCUT2D eigenvalue weighted by molar-refractivity contribution is 9.10. The molecule has 2 rings (SSSR count). The normalized spacial score (nSPS) is 11.3. The summed E-state index contributed by atoms with van der Waals surface area (Å²) in [5, 5.41) is 18.4. The quantitative estimate of drug-likeness (QED) is 0.863. The molecule has 0 fully saturated rings. The Balaban J connectivity index is 2.40. The number of hydrogen-bond acceptors (Lipinski definition) is 4. The lowest BCUT2D eigenvalue weighted by Crippen LogP contribution is -2.07. The number of phenols is 1. The first-order valence-corrected chi connectivity index (χ1v) is 8.27. The van der Waals surface area contributed by atoms with Crippen LogP contribution >= 0.6 is 15.9 Å². The van der Waals surface area contributed by atoms with Crippen LogP contribution in [0.25, 0.3) is 0 Å². The van der Waals surface area contributed by atoms with Crippen molar-refractivity contribution in [2.24, 2.45) is 0 Å². The molecule has 7 heteroatoms. The van der Waals surface area contributed by atoms with Crippen LogP contribution in [0, 0.1) is 0 Å². The number of phenolic OH excluding ortho intramolecular Hbond substituents is 1. The minimum absolute atomic E-state index is 0.0234. The molecule has 2 N–H and O–H groups in total. The van der Waals surface area contributed by atoms with E-state index < -0.39 is 15.8 Å². The maximum Gasteiger partial charge on any atom is 0.336 e. The summed E-state index contributed by atoms with van der Waals surface area (Å²) in [6.45, 7) is 0. The van der Waals surface area contributed by atoms with Crippen molar-refractivity contribution < 1.29 is 23.4 Å². The summed E-state index contributed by atoms with van der Waals surface area (Å²) in [6, 6.07) is 9.77. The molecule has 0 aliphatic heterocycles. The molecule has 0 amide bonds. The predicted octanol–water partition coefficient (Wildman–Crippen LogP) is 2.83. The fourth-order valence-electron chi connectivity index (χ4n) is 1.81. The number of aromatic hydroxyl groups is 1. The average Bonchev–Trinajstić information content (AvgIpc) is 2.38. The zero-order valence-electron chi connectivity index (χ0n) is 10.7. The Morgan fingerprint density at radius 2 is 1.86 bits per heavy atom. The van der Waals surface area contributed by atoms with Crippen LogP contribution < -0.4 is 0 Å². The molecule has 0 radical (unpaired) electrons. The minimum Gasteiger partial charge on any atom is -0.508 e. The Morgan fingerprint density at radius 3 is 2.48 bits per heavy atom. The second-order valence-electron chi connectivity index (χ2n) is 4.38. The minimum atomic E-state index is -3.70. The van der Waals surface area contributed by atoms with Crippen LogP contribution in [0.15, 0.2) is 51.8 Å². The van der Waals surface area contributed by atoms with Crippen molar-refractivity contribution in [1.29, 1.82) is 0 Å². The third-order valence-corrected chi connectivity index (χ3v) is 5.17. The summed E-state index contributed by atoms with van der Waals surface area (Å²) in [7, 11) is -3.70. The van der Waals surface area contributed by atoms with Crippen LogP contribution in [-0.4, -0.2) is 24.6 Å². The van der Waals surface area contributed by atoms with Crippen molar-refractivity contribution in [3.8, 4) is 5.75 Å². The average molecular weight is 371 g/mol. The lowest BCUT2D eigenvalue weighted by Gasteiger charge is -2.07. The van der Waals surface area contributed by atoms with E-state index in [0.717, 1.165) is 6.07 Å². The molecule has 0 bridgehead atoms. The molecule has 0 aromatic heterocycles. The number of rotatable bonds is 4. The highest BCUT2D eigenvalue weighted by atomic mass is 79.9. The third-order valence-electron chi connectivity index (χ3n) is 2.79. The molecule has 0 atom stereocenters. The molecule has 0 heterocycles. The van der Waals surface area contributed by atoms with Gasteiger partial charge in [-0.3, -0.25) is 0 Å². The van der Waals surface area contributed by atoms with E-state index in [9.17, 15) is 18.3 Å². The zero-order valence-corrected chi connectivity index (χ0v) is 13.1. The molecule has 0 saturated carbocycles. The van der Waals surface area contributed by atoms with Crippen LogP contribution in [-0.2, 0) is 15.6 Å². The molecule has 5 nitrogen and oxygen atoms in total. The summed E-state index contributed by atoms with van der Waals surface area (Å²) < 4.78 is 24.9. The van der Waals surface area contributed by atoms with Gasteiger partial charge in [0.1, 0.15) is 5.75 Å². The van der Waals surface area contributed by atoms with E-state index in [4.69, 9.17) is 5.11 Å². The zero-order chi connectivity index (χ0) is 15.6. The van der Waals surface area contributed by atoms with Crippen LogP contribution in [0.2, 0.25) is 0 Å². The van der Waals surface area contributed by atoms with E-state index in [-0.39, 0.29) is 22.0 Å². The molecule has 21 heavy (non-hydrogen) atoms. The van der Waals surface area contributed by atoms with Gasteiger partial charge < -0.3 is 10.2 Å². The number of sulfone groups is 1. The van der Waals surface area contributed by atoms with Crippen LogP contribution in [0.4, 0.5) is 0 Å². The maximum atomic E-state index is 12.3. The number of carbonyl (C=O) groups is 1. The first-order valence-electron chi connectivity index (χ1n) is 5.83. The number of halogens is 1. The van der Waals surface area contributed by atoms with Crippen molar-refractivity contribution in [2.45, 2.75) is 10.6 Å². The Hall–Kier alpha value is -1.86. The molecule has 0 aliphatic rings. The third kappa shape index (κ3) is 3.62. The highest BCUT2D eigenvalue weighted by Crippen LogP contribution is 2.24. The van der Waals surface area contributed by atoms with Gasteiger partial charge in [0.15, 0.2) is 9.84 Å². The van der Waals surface area contributed by atoms with Crippen molar-refractivity contribution in [3.05, 3.63) is 58.1 Å². The van der Waals surface area contributed by atoms with Crippen LogP contribution in [0.1, 0.15) is 15.9 Å². The molecule has 0 spiro atoms. The summed E-state index contributed by atoms with van der Waals surface area (Å²) >= 11 is 3.07. The molecular weight excluding hydrogens is 360 g/mol. The predicted molar refractivity (Wildman–Crippen MR) is 80.1 cm³/mol. The van der Waals surface area contributed by atoms with Gasteiger partial charge in [0.2, 0.25) is 0 Å². The van der Waals surface area contributed by atoms with Gasteiger partial charge in [0.05, 0.1) is 16.2 Å². The van der Waals surface area contributed by atoms with E-state index in [1.54, 1.807) is 12.1 Å². The Morgan fingerprint density at radius 1 is 1.14 bits per heavy atom. The fraction of sp³-hybridized carbons (Fsp3) is 0.0714. The van der Waals surface area contributed by atoms with Gasteiger partial charge in [0, 0.05) is 4.47 Å².